The molecular weight excluding hydrogens is 285 g/mol. The van der Waals surface area contributed by atoms with Crippen LogP contribution in [0.2, 0.25) is 10.0 Å². The summed E-state index contributed by atoms with van der Waals surface area (Å²) in [6.07, 6.45) is 3.26. The maximum Gasteiger partial charge on any atom is 0.168 e. The number of hydrogen-bond donors (Lipinski definition) is 0. The van der Waals surface area contributed by atoms with Crippen LogP contribution in [-0.2, 0) is 6.42 Å². The molecule has 1 aromatic heterocycles. The first-order valence-electron chi connectivity index (χ1n) is 5.56. The number of halogens is 2. The zero-order valence-electron chi connectivity index (χ0n) is 10.2. The predicted molar refractivity (Wildman–Crippen MR) is 75.3 cm³/mol. The first kappa shape index (κ1) is 13.8. The largest absolute Gasteiger partial charge is 0.495 e. The van der Waals surface area contributed by atoms with Gasteiger partial charge in [-0.25, -0.2) is 0 Å². The molecule has 0 spiro atoms. The van der Waals surface area contributed by atoms with Gasteiger partial charge in [0.15, 0.2) is 5.78 Å². The number of hydrogen-bond acceptors (Lipinski definition) is 3. The van der Waals surface area contributed by atoms with Gasteiger partial charge in [-0.15, -0.1) is 0 Å². The number of rotatable bonds is 4. The van der Waals surface area contributed by atoms with E-state index in [4.69, 9.17) is 27.9 Å². The van der Waals surface area contributed by atoms with Crippen LogP contribution in [0.25, 0.3) is 0 Å². The average Bonchev–Trinajstić information content (AvgIpc) is 2.42. The summed E-state index contributed by atoms with van der Waals surface area (Å²) in [4.78, 5) is 16.1. The van der Waals surface area contributed by atoms with Gasteiger partial charge < -0.3 is 4.74 Å². The highest BCUT2D eigenvalue weighted by atomic mass is 35.5. The molecule has 0 aliphatic rings. The number of carbonyl (C=O) groups excluding carboxylic acids is 1. The molecule has 0 aliphatic heterocycles. The quantitative estimate of drug-likeness (QED) is 0.805. The van der Waals surface area contributed by atoms with Crippen LogP contribution in [0, 0.1) is 0 Å². The van der Waals surface area contributed by atoms with E-state index in [1.165, 1.54) is 13.3 Å². The Hall–Kier alpha value is -1.58. The number of methoxy groups -OCH3 is 1. The molecule has 5 heteroatoms. The molecule has 2 rings (SSSR count). The zero-order valence-corrected chi connectivity index (χ0v) is 11.7. The molecular formula is C14H11Cl2NO2. The molecule has 1 aromatic carbocycles. The van der Waals surface area contributed by atoms with E-state index in [0.29, 0.717) is 21.4 Å². The lowest BCUT2D eigenvalue weighted by Gasteiger charge is -2.05. The Kier molecular flexibility index (Phi) is 4.40. The van der Waals surface area contributed by atoms with Crippen LogP contribution in [0.3, 0.4) is 0 Å². The molecule has 0 radical (unpaired) electrons. The van der Waals surface area contributed by atoms with Crippen molar-refractivity contribution in [3.63, 3.8) is 0 Å². The van der Waals surface area contributed by atoms with E-state index in [0.717, 1.165) is 5.56 Å². The molecule has 0 unspecified atom stereocenters. The van der Waals surface area contributed by atoms with Gasteiger partial charge in [-0.1, -0.05) is 29.3 Å². The number of Topliss-reactive ketones (excluding diaryl/α,β-unsaturated/α-hetero) is 1. The van der Waals surface area contributed by atoms with Crippen LogP contribution in [0.1, 0.15) is 15.9 Å². The summed E-state index contributed by atoms with van der Waals surface area (Å²) < 4.78 is 5.04. The number of carbonyl (C=O) groups is 1. The topological polar surface area (TPSA) is 39.2 Å². The third kappa shape index (κ3) is 3.46. The molecule has 98 valence electrons. The molecule has 0 saturated heterocycles. The molecule has 0 atom stereocenters. The molecule has 0 fully saturated rings. The van der Waals surface area contributed by atoms with Crippen LogP contribution in [-0.4, -0.2) is 17.9 Å². The number of aromatic nitrogens is 1. The van der Waals surface area contributed by atoms with E-state index in [-0.39, 0.29) is 12.2 Å². The van der Waals surface area contributed by atoms with Gasteiger partial charge in [-0.2, -0.15) is 0 Å². The van der Waals surface area contributed by atoms with Gasteiger partial charge in [0.05, 0.1) is 13.3 Å². The summed E-state index contributed by atoms with van der Waals surface area (Å²) in [5.41, 5.74) is 1.23. The van der Waals surface area contributed by atoms with Crippen molar-refractivity contribution in [1.29, 1.82) is 0 Å². The van der Waals surface area contributed by atoms with Crippen LogP contribution in [0.5, 0.6) is 5.75 Å². The van der Waals surface area contributed by atoms with Gasteiger partial charge in [0, 0.05) is 28.2 Å². The van der Waals surface area contributed by atoms with Crippen molar-refractivity contribution < 1.29 is 9.53 Å². The smallest absolute Gasteiger partial charge is 0.168 e. The van der Waals surface area contributed by atoms with Gasteiger partial charge in [0.2, 0.25) is 0 Å². The Morgan fingerprint density at radius 2 is 2.05 bits per heavy atom. The number of nitrogens with zero attached hydrogens (tertiary/aromatic N) is 1. The predicted octanol–water partition coefficient (Wildman–Crippen LogP) is 3.82. The second-order valence-corrected chi connectivity index (χ2v) is 4.79. The summed E-state index contributed by atoms with van der Waals surface area (Å²) in [5, 5.41) is 1.03. The normalized spacial score (nSPS) is 10.3. The molecule has 2 aromatic rings. The fourth-order valence-corrected chi connectivity index (χ4v) is 2.10. The Labute approximate surface area is 121 Å². The Morgan fingerprint density at radius 3 is 2.74 bits per heavy atom. The van der Waals surface area contributed by atoms with Crippen molar-refractivity contribution >= 4 is 29.0 Å². The second-order valence-electron chi connectivity index (χ2n) is 3.95. The fraction of sp³-hybridized carbons (Fsp3) is 0.143. The van der Waals surface area contributed by atoms with Crippen molar-refractivity contribution in [2.75, 3.05) is 7.11 Å². The maximum atomic E-state index is 12.1. The van der Waals surface area contributed by atoms with Crippen LogP contribution in [0.15, 0.2) is 36.7 Å². The van der Waals surface area contributed by atoms with E-state index in [1.54, 1.807) is 30.5 Å². The first-order chi connectivity index (χ1) is 9.10. The SMILES string of the molecule is COc1cncc(C(=O)Cc2ccc(Cl)cc2Cl)c1. The fourth-order valence-electron chi connectivity index (χ4n) is 1.62. The van der Waals surface area contributed by atoms with Crippen LogP contribution >= 0.6 is 23.2 Å². The van der Waals surface area contributed by atoms with E-state index in [9.17, 15) is 4.79 Å². The molecule has 3 nitrogen and oxygen atoms in total. The van der Waals surface area contributed by atoms with Crippen molar-refractivity contribution in [2.24, 2.45) is 0 Å². The van der Waals surface area contributed by atoms with Gasteiger partial charge in [-0.3, -0.25) is 9.78 Å². The van der Waals surface area contributed by atoms with Crippen molar-refractivity contribution in [2.45, 2.75) is 6.42 Å². The van der Waals surface area contributed by atoms with E-state index in [1.807, 2.05) is 0 Å². The highest BCUT2D eigenvalue weighted by molar-refractivity contribution is 6.35. The number of benzene rings is 1. The number of ether oxygens (including phenoxy) is 1. The Bertz CT molecular complexity index is 614. The van der Waals surface area contributed by atoms with Gasteiger partial charge in [0.25, 0.3) is 0 Å². The van der Waals surface area contributed by atoms with Crippen molar-refractivity contribution in [3.8, 4) is 5.75 Å². The Morgan fingerprint density at radius 1 is 1.26 bits per heavy atom. The van der Waals surface area contributed by atoms with Gasteiger partial charge in [0.1, 0.15) is 5.75 Å². The third-order valence-electron chi connectivity index (χ3n) is 2.64. The summed E-state index contributed by atoms with van der Waals surface area (Å²) in [7, 11) is 1.53. The molecule has 0 bridgehead atoms. The maximum absolute atomic E-state index is 12.1. The molecule has 0 aliphatic carbocycles. The lowest BCUT2D eigenvalue weighted by atomic mass is 10.0. The average molecular weight is 296 g/mol. The molecule has 0 amide bonds. The number of ketones is 1. The lowest BCUT2D eigenvalue weighted by molar-refractivity contribution is 0.0992. The summed E-state index contributed by atoms with van der Waals surface area (Å²) >= 11 is 11.9. The molecule has 1 heterocycles. The standard InChI is InChI=1S/C14H11Cl2NO2/c1-19-12-4-10(7-17-8-12)14(18)5-9-2-3-11(15)6-13(9)16/h2-4,6-8H,5H2,1H3. The van der Waals surface area contributed by atoms with E-state index in [2.05, 4.69) is 4.98 Å². The lowest BCUT2D eigenvalue weighted by Crippen LogP contribution is -2.05. The minimum atomic E-state index is -0.0735. The minimum absolute atomic E-state index is 0.0735. The van der Waals surface area contributed by atoms with Gasteiger partial charge >= 0.3 is 0 Å². The third-order valence-corrected chi connectivity index (χ3v) is 3.22. The minimum Gasteiger partial charge on any atom is -0.495 e. The number of pyridine rings is 1. The van der Waals surface area contributed by atoms with Crippen LogP contribution in [0.4, 0.5) is 0 Å². The van der Waals surface area contributed by atoms with E-state index >= 15 is 0 Å². The van der Waals surface area contributed by atoms with Crippen molar-refractivity contribution in [1.82, 2.24) is 4.98 Å². The molecule has 0 saturated carbocycles. The van der Waals surface area contributed by atoms with Gasteiger partial charge in [-0.05, 0) is 23.8 Å². The highest BCUT2D eigenvalue weighted by Gasteiger charge is 2.11. The van der Waals surface area contributed by atoms with Crippen LogP contribution < -0.4 is 4.74 Å². The summed E-state index contributed by atoms with van der Waals surface area (Å²) in [5.74, 6) is 0.476. The first-order valence-corrected chi connectivity index (χ1v) is 6.32. The zero-order chi connectivity index (χ0) is 13.8. The monoisotopic (exact) mass is 295 g/mol. The molecule has 19 heavy (non-hydrogen) atoms. The Balaban J connectivity index is 2.20. The summed E-state index contributed by atoms with van der Waals surface area (Å²) in [6, 6.07) is 6.73. The molecule has 0 N–H and O–H groups in total. The second kappa shape index (κ2) is 6.04. The highest BCUT2D eigenvalue weighted by Crippen LogP contribution is 2.22. The van der Waals surface area contributed by atoms with Crippen molar-refractivity contribution in [3.05, 3.63) is 57.8 Å². The van der Waals surface area contributed by atoms with E-state index < -0.39 is 0 Å². The summed E-state index contributed by atoms with van der Waals surface area (Å²) in [6.45, 7) is 0.